The summed E-state index contributed by atoms with van der Waals surface area (Å²) in [5.74, 6) is 0. The second-order valence-corrected chi connectivity index (χ2v) is 49.2. The van der Waals surface area contributed by atoms with Gasteiger partial charge in [0.1, 0.15) is 0 Å². The zero-order valence-electron chi connectivity index (χ0n) is 47.4. The molecule has 3 aliphatic rings. The van der Waals surface area contributed by atoms with Crippen LogP contribution in [0.15, 0.2) is 175 Å². The number of fused-ring (bicyclic) bond motifs is 5. The molecule has 0 nitrogen and oxygen atoms in total. The summed E-state index contributed by atoms with van der Waals surface area (Å²) in [5.41, 5.74) is 25.1. The Morgan fingerprint density at radius 1 is 0.382 bits per heavy atom. The molecular formula is C72H75Cl2SiZr. The van der Waals surface area contributed by atoms with Gasteiger partial charge >= 0.3 is 470 Å². The van der Waals surface area contributed by atoms with Crippen molar-refractivity contribution in [2.24, 2.45) is 0 Å². The number of hydrogen-bond donors (Lipinski definition) is 0. The molecule has 1 heterocycles. The molecule has 8 aromatic rings. The summed E-state index contributed by atoms with van der Waals surface area (Å²) in [6.07, 6.45) is 5.00. The van der Waals surface area contributed by atoms with E-state index in [1.165, 1.54) is 125 Å². The summed E-state index contributed by atoms with van der Waals surface area (Å²) in [4.78, 5) is 0. The molecule has 2 aliphatic carbocycles. The predicted molar refractivity (Wildman–Crippen MR) is 333 cm³/mol. The van der Waals surface area contributed by atoms with Crippen LogP contribution in [0.3, 0.4) is 0 Å². The van der Waals surface area contributed by atoms with E-state index >= 15 is 0 Å². The Labute approximate surface area is 465 Å². The van der Waals surface area contributed by atoms with Crippen molar-refractivity contribution in [3.8, 4) is 55.6 Å². The van der Waals surface area contributed by atoms with Gasteiger partial charge in [-0.05, 0) is 0 Å². The molecule has 0 fully saturated rings. The Balaban J connectivity index is 1.23. The molecule has 8 aromatic carbocycles. The van der Waals surface area contributed by atoms with Gasteiger partial charge in [-0.2, -0.15) is 0 Å². The summed E-state index contributed by atoms with van der Waals surface area (Å²) in [6, 6.07) is 62.5. The first-order chi connectivity index (χ1) is 35.7. The molecule has 0 amide bonds. The normalized spacial score (nSPS) is 17.1. The molecule has 385 valence electrons. The topological polar surface area (TPSA) is 0 Å². The van der Waals surface area contributed by atoms with Crippen LogP contribution in [-0.2, 0) is 38.1 Å². The summed E-state index contributed by atoms with van der Waals surface area (Å²) >= 11 is -5.86. The molecule has 2 atom stereocenters. The van der Waals surface area contributed by atoms with Crippen molar-refractivity contribution in [3.05, 3.63) is 219 Å². The molecule has 0 saturated heterocycles. The predicted octanol–water partition coefficient (Wildman–Crippen LogP) is 18.6. The third kappa shape index (κ3) is 8.81. The van der Waals surface area contributed by atoms with E-state index in [-0.39, 0.29) is 28.9 Å². The van der Waals surface area contributed by atoms with E-state index in [0.717, 1.165) is 0 Å². The Hall–Kier alpha value is -5.08. The van der Waals surface area contributed by atoms with Crippen LogP contribution in [0.4, 0.5) is 0 Å². The van der Waals surface area contributed by atoms with Crippen LogP contribution in [0.5, 0.6) is 0 Å². The number of halogens is 2. The second kappa shape index (κ2) is 18.5. The molecule has 1 aliphatic heterocycles. The Morgan fingerprint density at radius 3 is 1.17 bits per heavy atom. The molecule has 0 bridgehead atoms. The molecule has 11 rings (SSSR count). The average molecular weight is 1130 g/mol. The van der Waals surface area contributed by atoms with E-state index in [9.17, 15) is 17.0 Å². The van der Waals surface area contributed by atoms with Gasteiger partial charge in [0.25, 0.3) is 0 Å². The van der Waals surface area contributed by atoms with Gasteiger partial charge in [0.2, 0.25) is 0 Å². The van der Waals surface area contributed by atoms with Crippen LogP contribution >= 0.6 is 17.0 Å². The summed E-state index contributed by atoms with van der Waals surface area (Å²) in [5, 5.41) is 2.91. The molecule has 4 heteroatoms. The fourth-order valence-electron chi connectivity index (χ4n) is 13.3. The third-order valence-corrected chi connectivity index (χ3v) is 40.5. The van der Waals surface area contributed by atoms with Crippen LogP contribution in [0.25, 0.3) is 67.8 Å². The first-order valence-corrected chi connectivity index (χ1v) is 39.5. The van der Waals surface area contributed by atoms with Crippen molar-refractivity contribution in [3.63, 3.8) is 0 Å². The van der Waals surface area contributed by atoms with Gasteiger partial charge in [-0.25, -0.2) is 0 Å². The van der Waals surface area contributed by atoms with Gasteiger partial charge in [0.05, 0.1) is 0 Å². The molecule has 0 radical (unpaired) electrons. The van der Waals surface area contributed by atoms with Gasteiger partial charge in [-0.3, -0.25) is 0 Å². The Morgan fingerprint density at radius 2 is 0.763 bits per heavy atom. The van der Waals surface area contributed by atoms with E-state index in [2.05, 4.69) is 273 Å². The standard InChI is InChI=1S/2C30H33.C12H9Si.2ClH.Zr/c2*1-20-15-22-13-14-26(21-11-9-8-10-12-21)28(27(22)16-20)23-17-24(29(2,3)4)19-25(18-23)30(5,6)7;1-3-7-11-9(5-1)10-6-2-4-8-12(10)13-11;;;/h2*8-19H,1-7H3;1-7H,13H2;2*1H;/q;;;;;+2/p-2. The van der Waals surface area contributed by atoms with E-state index in [1.807, 2.05) is 0 Å². The average Bonchev–Trinajstić information content (AvgIpc) is 4.09. The number of rotatable bonds is 7. The molecular weight excluding hydrogens is 1060 g/mol. The maximum atomic E-state index is 9.57. The minimum atomic E-state index is -5.86. The van der Waals surface area contributed by atoms with Crippen molar-refractivity contribution in [2.45, 2.75) is 126 Å². The molecule has 0 aromatic heterocycles. The van der Waals surface area contributed by atoms with Crippen molar-refractivity contribution in [1.82, 2.24) is 0 Å². The molecule has 76 heavy (non-hydrogen) atoms. The fraction of sp³-hybridized carbons (Fsp3) is 0.278. The van der Waals surface area contributed by atoms with Crippen molar-refractivity contribution >= 4 is 52.3 Å². The summed E-state index contributed by atoms with van der Waals surface area (Å²) < 4.78 is 0.820. The molecule has 0 spiro atoms. The van der Waals surface area contributed by atoms with E-state index in [1.54, 1.807) is 0 Å². The van der Waals surface area contributed by atoms with Gasteiger partial charge in [-0.15, -0.1) is 0 Å². The van der Waals surface area contributed by atoms with Crippen LogP contribution in [0, 0.1) is 0 Å². The molecule has 0 N–H and O–H groups in total. The fourth-order valence-corrected chi connectivity index (χ4v) is 42.1. The van der Waals surface area contributed by atoms with Crippen LogP contribution < -0.4 is 13.6 Å². The zero-order valence-corrected chi connectivity index (χ0v) is 52.7. The van der Waals surface area contributed by atoms with Crippen LogP contribution in [-0.4, -0.2) is 9.52 Å². The van der Waals surface area contributed by atoms with Crippen molar-refractivity contribution in [2.75, 3.05) is 0 Å². The van der Waals surface area contributed by atoms with E-state index in [0.29, 0.717) is 0 Å². The molecule has 0 saturated carbocycles. The van der Waals surface area contributed by atoms with Gasteiger partial charge < -0.3 is 0 Å². The van der Waals surface area contributed by atoms with Gasteiger partial charge in [-0.1, -0.05) is 0 Å². The molecule has 2 unspecified atom stereocenters. The summed E-state index contributed by atoms with van der Waals surface area (Å²) in [6.45, 7) is 32.8. The Kier molecular flexibility index (Phi) is 12.9. The van der Waals surface area contributed by atoms with Crippen LogP contribution in [0.1, 0.15) is 149 Å². The summed E-state index contributed by atoms with van der Waals surface area (Å²) in [7, 11) is 18.2. The zero-order chi connectivity index (χ0) is 54.1. The van der Waals surface area contributed by atoms with Gasteiger partial charge in [0.15, 0.2) is 0 Å². The maximum absolute atomic E-state index is 9.57. The van der Waals surface area contributed by atoms with Crippen molar-refractivity contribution < 1.29 is 16.4 Å². The quantitative estimate of drug-likeness (QED) is 0.140. The van der Waals surface area contributed by atoms with Gasteiger partial charge in [0, 0.05) is 0 Å². The third-order valence-electron chi connectivity index (χ3n) is 17.3. The van der Waals surface area contributed by atoms with E-state index in [4.69, 9.17) is 0 Å². The first-order valence-electron chi connectivity index (χ1n) is 27.7. The number of hydrogen-bond acceptors (Lipinski definition) is 0. The second-order valence-electron chi connectivity index (χ2n) is 26.8. The first kappa shape index (κ1) is 52.9. The van der Waals surface area contributed by atoms with Crippen molar-refractivity contribution in [1.29, 1.82) is 0 Å². The number of benzene rings is 8. The SMILES string of the molecule is CC1=Cc2c(ccc(-c3ccccc3)c2-c2cc(C(C)(C)C)cc(C(C)(C)C)c2)[CH]1[Zr]([Cl])([Cl])([c]1cccc2c1[SiH2]c1ccccc1-2)[CH]1C(C)=Cc2c1ccc(-c1ccccc1)c2-c1cc(C(C)(C)C)cc(C(C)(C)C)c1. The number of allylic oxidation sites excluding steroid dienone is 2. The monoisotopic (exact) mass is 1130 g/mol. The van der Waals surface area contributed by atoms with E-state index < -0.39 is 25.9 Å². The minimum absolute atomic E-state index is 0.0619. The van der Waals surface area contributed by atoms with Crippen LogP contribution in [0.2, 0.25) is 0 Å². The Bertz CT molecular complexity index is 3460.